The molecule has 0 bridgehead atoms. The molecule has 0 radical (unpaired) electrons. The van der Waals surface area contributed by atoms with E-state index in [2.05, 4.69) is 4.72 Å². The first-order chi connectivity index (χ1) is 7.40. The van der Waals surface area contributed by atoms with E-state index in [0.717, 1.165) is 11.3 Å². The van der Waals surface area contributed by atoms with Crippen molar-refractivity contribution in [2.45, 2.75) is 10.3 Å². The molecule has 0 amide bonds. The van der Waals surface area contributed by atoms with E-state index >= 15 is 0 Å². The van der Waals surface area contributed by atoms with Gasteiger partial charge in [0.2, 0.25) is 0 Å². The highest BCUT2D eigenvalue weighted by Crippen LogP contribution is 2.32. The maximum atomic E-state index is 11.7. The van der Waals surface area contributed by atoms with Crippen LogP contribution in [-0.2, 0) is 10.0 Å². The standard InChI is InChI=1S/C7H11ClN2O4S2/c8-7-5(9)1-6(15-7)16(13,14)10-4(2-11)3-12/h1,4,10-12H,2-3,9H2. The van der Waals surface area contributed by atoms with Crippen molar-refractivity contribution < 1.29 is 18.6 Å². The monoisotopic (exact) mass is 286 g/mol. The summed E-state index contributed by atoms with van der Waals surface area (Å²) in [5, 5.41) is 17.5. The lowest BCUT2D eigenvalue weighted by Crippen LogP contribution is -2.39. The van der Waals surface area contributed by atoms with Crippen LogP contribution in [0.3, 0.4) is 0 Å². The lowest BCUT2D eigenvalue weighted by atomic mass is 10.4. The summed E-state index contributed by atoms with van der Waals surface area (Å²) in [6, 6.07) is 0.285. The number of nitrogen functional groups attached to an aromatic ring is 1. The fourth-order valence-electron chi connectivity index (χ4n) is 0.903. The maximum absolute atomic E-state index is 11.7. The van der Waals surface area contributed by atoms with E-state index in [1.807, 2.05) is 0 Å². The van der Waals surface area contributed by atoms with E-state index < -0.39 is 29.3 Å². The molecule has 0 spiro atoms. The van der Waals surface area contributed by atoms with Gasteiger partial charge in [0.05, 0.1) is 24.9 Å². The minimum Gasteiger partial charge on any atom is -0.397 e. The van der Waals surface area contributed by atoms with E-state index in [1.54, 1.807) is 0 Å². The Morgan fingerprint density at radius 1 is 1.50 bits per heavy atom. The van der Waals surface area contributed by atoms with Crippen molar-refractivity contribution in [2.24, 2.45) is 0 Å². The van der Waals surface area contributed by atoms with E-state index in [4.69, 9.17) is 27.5 Å². The van der Waals surface area contributed by atoms with E-state index in [0.29, 0.717) is 0 Å². The van der Waals surface area contributed by atoms with E-state index in [1.165, 1.54) is 6.07 Å². The summed E-state index contributed by atoms with van der Waals surface area (Å²) in [4.78, 5) is 0. The van der Waals surface area contributed by atoms with Crippen molar-refractivity contribution in [3.8, 4) is 0 Å². The minimum atomic E-state index is -3.80. The molecule has 16 heavy (non-hydrogen) atoms. The number of nitrogens with one attached hydrogen (secondary N) is 1. The maximum Gasteiger partial charge on any atom is 0.250 e. The van der Waals surface area contributed by atoms with Crippen LogP contribution in [0.15, 0.2) is 10.3 Å². The Labute approximate surface area is 102 Å². The van der Waals surface area contributed by atoms with Crippen LogP contribution < -0.4 is 10.5 Å². The molecule has 1 rings (SSSR count). The highest BCUT2D eigenvalue weighted by atomic mass is 35.5. The average molecular weight is 287 g/mol. The fourth-order valence-corrected chi connectivity index (χ4v) is 3.70. The van der Waals surface area contributed by atoms with Crippen molar-refractivity contribution in [3.05, 3.63) is 10.4 Å². The summed E-state index contributed by atoms with van der Waals surface area (Å²) in [6.07, 6.45) is 0. The van der Waals surface area contributed by atoms with Gasteiger partial charge in [-0.1, -0.05) is 11.6 Å². The summed E-state index contributed by atoms with van der Waals surface area (Å²) in [6.45, 7) is -0.991. The first-order valence-electron chi connectivity index (χ1n) is 4.19. The highest BCUT2D eigenvalue weighted by molar-refractivity contribution is 7.91. The summed E-state index contributed by atoms with van der Waals surface area (Å²) in [5.41, 5.74) is 5.60. The van der Waals surface area contributed by atoms with Gasteiger partial charge >= 0.3 is 0 Å². The SMILES string of the molecule is Nc1cc(S(=O)(=O)NC(CO)CO)sc1Cl. The molecule has 0 atom stereocenters. The molecule has 0 aliphatic heterocycles. The number of aliphatic hydroxyl groups is 2. The Balaban J connectivity index is 2.94. The molecule has 0 aliphatic rings. The van der Waals surface area contributed by atoms with Crippen LogP contribution in [-0.4, -0.2) is 37.9 Å². The largest absolute Gasteiger partial charge is 0.397 e. The van der Waals surface area contributed by atoms with Gasteiger partial charge in [-0.15, -0.1) is 11.3 Å². The number of hydrogen-bond donors (Lipinski definition) is 4. The smallest absolute Gasteiger partial charge is 0.250 e. The zero-order valence-corrected chi connectivity index (χ0v) is 10.4. The second kappa shape index (κ2) is 5.30. The lowest BCUT2D eigenvalue weighted by molar-refractivity contribution is 0.185. The number of aliphatic hydroxyl groups excluding tert-OH is 2. The van der Waals surface area contributed by atoms with Gasteiger partial charge in [-0.25, -0.2) is 13.1 Å². The molecule has 5 N–H and O–H groups in total. The first-order valence-corrected chi connectivity index (χ1v) is 6.87. The van der Waals surface area contributed by atoms with Gasteiger partial charge in [0, 0.05) is 0 Å². The van der Waals surface area contributed by atoms with Crippen LogP contribution in [0.4, 0.5) is 5.69 Å². The number of hydrogen-bond acceptors (Lipinski definition) is 6. The molecule has 9 heteroatoms. The van der Waals surface area contributed by atoms with Gasteiger partial charge in [-0.05, 0) is 6.07 Å². The molecule has 0 fully saturated rings. The summed E-state index contributed by atoms with van der Waals surface area (Å²) >= 11 is 6.45. The first kappa shape index (κ1) is 13.7. The molecular weight excluding hydrogens is 276 g/mol. The molecule has 0 saturated heterocycles. The molecule has 0 saturated carbocycles. The second-order valence-corrected chi connectivity index (χ2v) is 6.57. The average Bonchev–Trinajstić information content (AvgIpc) is 2.56. The molecule has 1 heterocycles. The number of halogens is 1. The van der Waals surface area contributed by atoms with Gasteiger partial charge in [0.15, 0.2) is 0 Å². The van der Waals surface area contributed by atoms with Crippen LogP contribution in [0, 0.1) is 0 Å². The van der Waals surface area contributed by atoms with Crippen molar-refractivity contribution >= 4 is 38.6 Å². The molecule has 1 aromatic rings. The molecule has 1 aromatic heterocycles. The van der Waals surface area contributed by atoms with Crippen LogP contribution in [0.5, 0.6) is 0 Å². The van der Waals surface area contributed by atoms with Gasteiger partial charge in [-0.3, -0.25) is 0 Å². The number of sulfonamides is 1. The Morgan fingerprint density at radius 3 is 2.44 bits per heavy atom. The quantitative estimate of drug-likeness (QED) is 0.589. The van der Waals surface area contributed by atoms with Crippen molar-refractivity contribution in [1.82, 2.24) is 4.72 Å². The fraction of sp³-hybridized carbons (Fsp3) is 0.429. The Morgan fingerprint density at radius 2 is 2.06 bits per heavy atom. The number of thiophene rings is 1. The molecular formula is C7H11ClN2O4S2. The zero-order valence-electron chi connectivity index (χ0n) is 8.05. The third kappa shape index (κ3) is 3.06. The van der Waals surface area contributed by atoms with Gasteiger partial charge in [0.1, 0.15) is 8.55 Å². The van der Waals surface area contributed by atoms with Gasteiger partial charge < -0.3 is 15.9 Å². The van der Waals surface area contributed by atoms with E-state index in [-0.39, 0.29) is 14.2 Å². The van der Waals surface area contributed by atoms with Crippen LogP contribution >= 0.6 is 22.9 Å². The number of rotatable bonds is 5. The lowest BCUT2D eigenvalue weighted by Gasteiger charge is -2.12. The molecule has 0 unspecified atom stereocenters. The second-order valence-electron chi connectivity index (χ2n) is 2.98. The highest BCUT2D eigenvalue weighted by Gasteiger charge is 2.22. The molecule has 0 aromatic carbocycles. The normalized spacial score (nSPS) is 12.2. The summed E-state index contributed by atoms with van der Waals surface area (Å²) in [7, 11) is -3.80. The molecule has 0 aliphatic carbocycles. The topological polar surface area (TPSA) is 113 Å². The predicted octanol–water partition coefficient (Wildman–Crippen LogP) is -0.385. The van der Waals surface area contributed by atoms with Crippen molar-refractivity contribution in [1.29, 1.82) is 0 Å². The van der Waals surface area contributed by atoms with Crippen LogP contribution in [0.2, 0.25) is 4.34 Å². The van der Waals surface area contributed by atoms with Crippen LogP contribution in [0.1, 0.15) is 0 Å². The van der Waals surface area contributed by atoms with Gasteiger partial charge in [0.25, 0.3) is 10.0 Å². The number of anilines is 1. The number of nitrogens with two attached hydrogens (primary N) is 1. The van der Waals surface area contributed by atoms with Crippen molar-refractivity contribution in [3.63, 3.8) is 0 Å². The summed E-state index contributed by atoms with van der Waals surface area (Å²) < 4.78 is 25.6. The summed E-state index contributed by atoms with van der Waals surface area (Å²) in [5.74, 6) is 0. The Hall–Kier alpha value is -0.380. The Kier molecular flexibility index (Phi) is 4.53. The third-order valence-electron chi connectivity index (χ3n) is 1.72. The van der Waals surface area contributed by atoms with Gasteiger partial charge in [-0.2, -0.15) is 0 Å². The molecule has 92 valence electrons. The van der Waals surface area contributed by atoms with Crippen molar-refractivity contribution in [2.75, 3.05) is 18.9 Å². The third-order valence-corrected chi connectivity index (χ3v) is 5.10. The predicted molar refractivity (Wildman–Crippen MR) is 62.0 cm³/mol. The van der Waals surface area contributed by atoms with E-state index in [9.17, 15) is 8.42 Å². The molecule has 6 nitrogen and oxygen atoms in total. The minimum absolute atomic E-state index is 0.0538. The zero-order chi connectivity index (χ0) is 12.3. The Bertz CT molecular complexity index is 435. The van der Waals surface area contributed by atoms with Crippen LogP contribution in [0.25, 0.3) is 0 Å².